The van der Waals surface area contributed by atoms with Gasteiger partial charge in [0.1, 0.15) is 0 Å². The molecule has 3 heteroatoms. The molecule has 0 saturated heterocycles. The van der Waals surface area contributed by atoms with Crippen molar-refractivity contribution in [3.05, 3.63) is 51.2 Å². The summed E-state index contributed by atoms with van der Waals surface area (Å²) in [6.07, 6.45) is 1.15. The highest BCUT2D eigenvalue weighted by atomic mass is 35.5. The molecule has 0 bridgehead atoms. The lowest BCUT2D eigenvalue weighted by Crippen LogP contribution is -2.29. The zero-order valence-electron chi connectivity index (χ0n) is 8.82. The van der Waals surface area contributed by atoms with Crippen molar-refractivity contribution in [2.75, 3.05) is 11.4 Å². The monoisotopic (exact) mass is 249 g/mol. The molecule has 0 spiro atoms. The molecule has 1 aliphatic heterocycles. The van der Waals surface area contributed by atoms with E-state index in [1.165, 1.54) is 11.3 Å². The van der Waals surface area contributed by atoms with Crippen LogP contribution in [-0.4, -0.2) is 6.54 Å². The van der Waals surface area contributed by atoms with Gasteiger partial charge in [-0.25, -0.2) is 0 Å². The van der Waals surface area contributed by atoms with Crippen LogP contribution < -0.4 is 4.90 Å². The number of thiophene rings is 1. The fourth-order valence-corrected chi connectivity index (χ4v) is 3.22. The van der Waals surface area contributed by atoms with Crippen molar-refractivity contribution in [2.24, 2.45) is 0 Å². The average molecular weight is 250 g/mol. The Morgan fingerprint density at radius 2 is 2.19 bits per heavy atom. The third kappa shape index (κ3) is 1.83. The van der Waals surface area contributed by atoms with Gasteiger partial charge in [-0.2, -0.15) is 0 Å². The first kappa shape index (κ1) is 10.2. The Kier molecular flexibility index (Phi) is 2.62. The van der Waals surface area contributed by atoms with E-state index in [-0.39, 0.29) is 0 Å². The molecule has 1 aromatic carbocycles. The van der Waals surface area contributed by atoms with E-state index < -0.39 is 0 Å². The summed E-state index contributed by atoms with van der Waals surface area (Å²) < 4.78 is 0. The Balaban J connectivity index is 1.88. The Morgan fingerprint density at radius 1 is 1.25 bits per heavy atom. The van der Waals surface area contributed by atoms with Crippen LogP contribution in [-0.2, 0) is 13.0 Å². The van der Waals surface area contributed by atoms with E-state index in [4.69, 9.17) is 11.6 Å². The quantitative estimate of drug-likeness (QED) is 0.739. The molecule has 0 aliphatic carbocycles. The highest BCUT2D eigenvalue weighted by Crippen LogP contribution is 2.28. The van der Waals surface area contributed by atoms with E-state index in [1.54, 1.807) is 4.88 Å². The number of anilines is 1. The van der Waals surface area contributed by atoms with Crippen LogP contribution in [0.3, 0.4) is 0 Å². The van der Waals surface area contributed by atoms with E-state index in [0.29, 0.717) is 0 Å². The summed E-state index contributed by atoms with van der Waals surface area (Å²) in [5.41, 5.74) is 2.69. The molecule has 1 nitrogen and oxygen atoms in total. The lowest BCUT2D eigenvalue weighted by atomic mass is 10.1. The third-order valence-electron chi connectivity index (χ3n) is 2.98. The summed E-state index contributed by atoms with van der Waals surface area (Å²) in [7, 11) is 0. The number of fused-ring (bicyclic) bond motifs is 1. The number of halogens is 1. The molecule has 0 saturated carbocycles. The SMILES string of the molecule is Clc1cccc(N2CCc3sccc3C2)c1. The predicted octanol–water partition coefficient (Wildman–Crippen LogP) is 3.96. The summed E-state index contributed by atoms with van der Waals surface area (Å²) in [5, 5.41) is 3.00. The highest BCUT2D eigenvalue weighted by molar-refractivity contribution is 7.10. The predicted molar refractivity (Wildman–Crippen MR) is 70.5 cm³/mol. The Morgan fingerprint density at radius 3 is 3.06 bits per heavy atom. The van der Waals surface area contributed by atoms with Crippen molar-refractivity contribution >= 4 is 28.6 Å². The number of benzene rings is 1. The van der Waals surface area contributed by atoms with Crippen molar-refractivity contribution in [1.82, 2.24) is 0 Å². The van der Waals surface area contributed by atoms with Crippen LogP contribution >= 0.6 is 22.9 Å². The first-order chi connectivity index (χ1) is 7.83. The third-order valence-corrected chi connectivity index (χ3v) is 4.24. The second-order valence-corrected chi connectivity index (χ2v) is 5.46. The molecule has 16 heavy (non-hydrogen) atoms. The van der Waals surface area contributed by atoms with Gasteiger partial charge < -0.3 is 4.90 Å². The van der Waals surface area contributed by atoms with Gasteiger partial charge in [0.05, 0.1) is 0 Å². The summed E-state index contributed by atoms with van der Waals surface area (Å²) in [6.45, 7) is 2.10. The van der Waals surface area contributed by atoms with Crippen LogP contribution in [0.4, 0.5) is 5.69 Å². The van der Waals surface area contributed by atoms with Gasteiger partial charge in [0, 0.05) is 28.7 Å². The summed E-state index contributed by atoms with van der Waals surface area (Å²) >= 11 is 7.89. The second-order valence-electron chi connectivity index (χ2n) is 4.02. The molecule has 2 heterocycles. The Bertz CT molecular complexity index is 506. The molecular weight excluding hydrogens is 238 g/mol. The summed E-state index contributed by atoms with van der Waals surface area (Å²) in [5.74, 6) is 0. The minimum Gasteiger partial charge on any atom is -0.367 e. The molecular formula is C13H12ClNS. The molecule has 0 atom stereocenters. The first-order valence-corrected chi connectivity index (χ1v) is 6.64. The molecule has 0 amide bonds. The molecule has 0 radical (unpaired) electrons. The molecule has 2 aromatic rings. The van der Waals surface area contributed by atoms with E-state index >= 15 is 0 Å². The van der Waals surface area contributed by atoms with Crippen LogP contribution in [0.15, 0.2) is 35.7 Å². The van der Waals surface area contributed by atoms with E-state index in [9.17, 15) is 0 Å². The molecule has 1 aliphatic rings. The molecule has 82 valence electrons. The number of hydrogen-bond donors (Lipinski definition) is 0. The fourth-order valence-electron chi connectivity index (χ4n) is 2.14. The van der Waals surface area contributed by atoms with Crippen molar-refractivity contribution in [3.63, 3.8) is 0 Å². The normalized spacial score (nSPS) is 14.9. The molecule has 0 N–H and O–H groups in total. The van der Waals surface area contributed by atoms with E-state index in [0.717, 1.165) is 24.5 Å². The fraction of sp³-hybridized carbons (Fsp3) is 0.231. The summed E-state index contributed by atoms with van der Waals surface area (Å²) in [6, 6.07) is 10.3. The number of rotatable bonds is 1. The van der Waals surface area contributed by atoms with Crippen LogP contribution in [0.5, 0.6) is 0 Å². The van der Waals surface area contributed by atoms with Crippen molar-refractivity contribution in [2.45, 2.75) is 13.0 Å². The van der Waals surface area contributed by atoms with Gasteiger partial charge in [-0.15, -0.1) is 11.3 Å². The molecule has 0 fully saturated rings. The topological polar surface area (TPSA) is 3.24 Å². The van der Waals surface area contributed by atoms with Gasteiger partial charge in [0.2, 0.25) is 0 Å². The van der Waals surface area contributed by atoms with Gasteiger partial charge in [-0.3, -0.25) is 0 Å². The van der Waals surface area contributed by atoms with Crippen LogP contribution in [0.1, 0.15) is 10.4 Å². The van der Waals surface area contributed by atoms with Crippen LogP contribution in [0.2, 0.25) is 5.02 Å². The molecule has 1 aromatic heterocycles. The maximum atomic E-state index is 6.02. The molecule has 3 rings (SSSR count). The van der Waals surface area contributed by atoms with Crippen molar-refractivity contribution in [3.8, 4) is 0 Å². The highest BCUT2D eigenvalue weighted by Gasteiger charge is 2.17. The smallest absolute Gasteiger partial charge is 0.0440 e. The first-order valence-electron chi connectivity index (χ1n) is 5.39. The van der Waals surface area contributed by atoms with Gasteiger partial charge in [0.25, 0.3) is 0 Å². The van der Waals surface area contributed by atoms with Crippen LogP contribution in [0, 0.1) is 0 Å². The average Bonchev–Trinajstić information content (AvgIpc) is 2.75. The Labute approximate surface area is 104 Å². The van der Waals surface area contributed by atoms with E-state index in [2.05, 4.69) is 22.4 Å². The minimum absolute atomic E-state index is 0.814. The maximum Gasteiger partial charge on any atom is 0.0440 e. The van der Waals surface area contributed by atoms with Gasteiger partial charge in [-0.05, 0) is 41.6 Å². The van der Waals surface area contributed by atoms with Gasteiger partial charge >= 0.3 is 0 Å². The zero-order chi connectivity index (χ0) is 11.0. The summed E-state index contributed by atoms with van der Waals surface area (Å²) in [4.78, 5) is 3.93. The van der Waals surface area contributed by atoms with Gasteiger partial charge in [-0.1, -0.05) is 17.7 Å². The van der Waals surface area contributed by atoms with Crippen LogP contribution in [0.25, 0.3) is 0 Å². The second kappa shape index (κ2) is 4.11. The Hall–Kier alpha value is -0.990. The zero-order valence-corrected chi connectivity index (χ0v) is 10.4. The minimum atomic E-state index is 0.814. The maximum absolute atomic E-state index is 6.02. The largest absolute Gasteiger partial charge is 0.367 e. The standard InChI is InChI=1S/C13H12ClNS/c14-11-2-1-3-12(8-11)15-6-4-13-10(9-15)5-7-16-13/h1-3,5,7-8H,4,6,9H2. The number of nitrogens with zero attached hydrogens (tertiary/aromatic N) is 1. The molecule has 0 unspecified atom stereocenters. The lowest BCUT2D eigenvalue weighted by molar-refractivity contribution is 0.744. The van der Waals surface area contributed by atoms with Crippen molar-refractivity contribution in [1.29, 1.82) is 0 Å². The van der Waals surface area contributed by atoms with Gasteiger partial charge in [0.15, 0.2) is 0 Å². The van der Waals surface area contributed by atoms with E-state index in [1.807, 2.05) is 29.5 Å². The number of hydrogen-bond acceptors (Lipinski definition) is 2. The lowest BCUT2D eigenvalue weighted by Gasteiger charge is -2.29. The van der Waals surface area contributed by atoms with Crippen molar-refractivity contribution < 1.29 is 0 Å².